The van der Waals surface area contributed by atoms with Crippen LogP contribution >= 0.6 is 0 Å². The highest BCUT2D eigenvalue weighted by Gasteiger charge is 2.21. The number of ether oxygens (including phenoxy) is 2. The van der Waals surface area contributed by atoms with E-state index in [4.69, 9.17) is 9.47 Å². The first kappa shape index (κ1) is 69.1. The Balaban J connectivity index is 1.06. The van der Waals surface area contributed by atoms with Gasteiger partial charge in [0.1, 0.15) is 82.3 Å². The fourth-order valence-electron chi connectivity index (χ4n) is 13.8. The van der Waals surface area contributed by atoms with Gasteiger partial charge < -0.3 is 9.47 Å². The van der Waals surface area contributed by atoms with Crippen LogP contribution in [-0.4, -0.2) is 13.2 Å². The Bertz CT molecular complexity index is 4990. The first-order valence-electron chi connectivity index (χ1n) is 34.7. The quantitative estimate of drug-likeness (QED) is 0.0246. The third-order valence-electron chi connectivity index (χ3n) is 18.7. The topological polar surface area (TPSA) is 209 Å². The average Bonchev–Trinajstić information content (AvgIpc) is 0.754. The molecule has 10 aromatic rings. The van der Waals surface area contributed by atoms with Gasteiger partial charge in [-0.25, -0.2) is 0 Å². The number of unbranched alkanes of at least 4 members (excludes halogenated alkanes) is 18. The summed E-state index contributed by atoms with van der Waals surface area (Å²) in [6.45, 7) is 5.62. The zero-order chi connectivity index (χ0) is 68.6. The molecule has 0 radical (unpaired) electrons. The number of nitrogens with zero attached hydrogens (tertiary/aromatic N) is 8. The van der Waals surface area contributed by atoms with Crippen LogP contribution in [0.5, 0.6) is 11.5 Å². The summed E-state index contributed by atoms with van der Waals surface area (Å²) >= 11 is 0. The number of rotatable bonds is 29. The molecule has 0 aliphatic heterocycles. The fraction of sp³-hybridized carbons (Fsp3) is 0.273. The maximum absolute atomic E-state index is 10.3. The zero-order valence-corrected chi connectivity index (χ0v) is 56.1. The molecule has 0 fully saturated rings. The molecule has 10 heteroatoms. The minimum Gasteiger partial charge on any atom is -0.493 e. The predicted octanol–water partition coefficient (Wildman–Crippen LogP) is 20.0. The van der Waals surface area contributed by atoms with Gasteiger partial charge in [-0.1, -0.05) is 263 Å². The molecule has 10 rings (SSSR count). The van der Waals surface area contributed by atoms with Crippen LogP contribution in [0.2, 0.25) is 0 Å². The first-order chi connectivity index (χ1) is 48.3. The van der Waals surface area contributed by atoms with Gasteiger partial charge in [0.25, 0.3) is 0 Å². The van der Waals surface area contributed by atoms with Gasteiger partial charge in [0.05, 0.1) is 13.2 Å². The van der Waals surface area contributed by atoms with Crippen molar-refractivity contribution >= 4 is 111 Å². The zero-order valence-electron chi connectivity index (χ0n) is 56.1. The van der Waals surface area contributed by atoms with E-state index in [0.717, 1.165) is 92.1 Å². The smallest absolute Gasteiger partial charge is 0.138 e. The van der Waals surface area contributed by atoms with Crippen LogP contribution in [0.4, 0.5) is 0 Å². The van der Waals surface area contributed by atoms with Crippen molar-refractivity contribution in [2.75, 3.05) is 13.2 Å². The maximum Gasteiger partial charge on any atom is 0.138 e. The van der Waals surface area contributed by atoms with Crippen molar-refractivity contribution in [1.82, 2.24) is 0 Å². The van der Waals surface area contributed by atoms with Crippen LogP contribution in [0.1, 0.15) is 165 Å². The second-order valence-electron chi connectivity index (χ2n) is 25.2. The summed E-state index contributed by atoms with van der Waals surface area (Å²) in [5.41, 5.74) is 5.06. The van der Waals surface area contributed by atoms with Crippen molar-refractivity contribution in [2.45, 2.75) is 142 Å². The third-order valence-corrected chi connectivity index (χ3v) is 18.7. The highest BCUT2D eigenvalue weighted by Crippen LogP contribution is 2.46. The fourth-order valence-corrected chi connectivity index (χ4v) is 13.8. The lowest BCUT2D eigenvalue weighted by Crippen LogP contribution is -2.18. The maximum atomic E-state index is 10.3. The first-order valence-corrected chi connectivity index (χ1v) is 34.7. The van der Waals surface area contributed by atoms with Crippen LogP contribution in [0.25, 0.3) is 122 Å². The second-order valence-corrected chi connectivity index (χ2v) is 25.2. The van der Waals surface area contributed by atoms with Crippen molar-refractivity contribution < 1.29 is 9.47 Å². The standard InChI is InChI=1S/C88H78N8O2/c1-3-5-7-9-11-13-15-17-19-25-47-97-81-45-39-65-49-61(31-33-63-37-43-77-79(51-63)85(69(57-93)58-94)75-29-23-21-27-73(75)83(77)67(53-89)54-90)35-41-71(65)87(81)88-72-42-36-62(50-66(72)40-46-82(88)98-48-26-20-18-16-14-12-10-8-6-4-2)32-34-64-38-44-78-80(52-64)86(70(59-95)60-96)76-30-24-22-28-74(76)84(78)68(55-91)56-92/h21-24,27-46,49-52H,3-20,25-26,47-48H2,1-2H3/b33-31+,34-32+. The lowest BCUT2D eigenvalue weighted by molar-refractivity contribution is 0.301. The van der Waals surface area contributed by atoms with E-state index in [0.29, 0.717) is 77.2 Å². The van der Waals surface area contributed by atoms with E-state index in [2.05, 4.69) is 123 Å². The molecule has 0 saturated heterocycles. The number of hydrogen-bond acceptors (Lipinski definition) is 10. The van der Waals surface area contributed by atoms with Gasteiger partial charge in [-0.2, -0.15) is 42.1 Å². The van der Waals surface area contributed by atoms with E-state index in [1.807, 2.05) is 109 Å². The molecule has 0 amide bonds. The predicted molar refractivity (Wildman–Crippen MR) is 399 cm³/mol. The minimum atomic E-state index is -0.0672. The molecular weight excluding hydrogens is 1200 g/mol. The van der Waals surface area contributed by atoms with Gasteiger partial charge in [0.15, 0.2) is 0 Å². The van der Waals surface area contributed by atoms with Crippen molar-refractivity contribution in [3.63, 3.8) is 0 Å². The Hall–Kier alpha value is -11.8. The Morgan fingerprint density at radius 1 is 0.276 bits per heavy atom. The molecule has 0 unspecified atom stereocenters. The number of nitriles is 8. The highest BCUT2D eigenvalue weighted by molar-refractivity contribution is 6.12. The lowest BCUT2D eigenvalue weighted by Gasteiger charge is -2.20. The van der Waals surface area contributed by atoms with Gasteiger partial charge in [-0.3, -0.25) is 0 Å². The summed E-state index contributed by atoms with van der Waals surface area (Å²) in [4.78, 5) is 0. The molecule has 0 aliphatic rings. The monoisotopic (exact) mass is 1280 g/mol. The largest absolute Gasteiger partial charge is 0.493 e. The highest BCUT2D eigenvalue weighted by atomic mass is 16.5. The summed E-state index contributed by atoms with van der Waals surface area (Å²) in [7, 11) is 0. The van der Waals surface area contributed by atoms with Crippen LogP contribution in [0, 0.1) is 90.6 Å². The van der Waals surface area contributed by atoms with Gasteiger partial charge in [0, 0.05) is 32.0 Å². The Morgan fingerprint density at radius 2 is 0.531 bits per heavy atom. The van der Waals surface area contributed by atoms with Crippen LogP contribution in [-0.2, 0) is 0 Å². The van der Waals surface area contributed by atoms with Gasteiger partial charge in [-0.05, 0) is 136 Å². The van der Waals surface area contributed by atoms with Crippen LogP contribution in [0.15, 0.2) is 146 Å². The molecule has 0 spiro atoms. The van der Waals surface area contributed by atoms with Crippen LogP contribution < -0.4 is 30.3 Å². The van der Waals surface area contributed by atoms with Crippen molar-refractivity contribution in [3.05, 3.63) is 189 Å². The minimum absolute atomic E-state index is 0.0594. The molecule has 0 aromatic heterocycles. The third kappa shape index (κ3) is 15.8. The SMILES string of the molecule is CCCCCCCCCCCCOc1ccc2cc(/C=C/c3ccc4c(=C(C#N)C#N)c5ccccc5c(=C(C#N)C#N)c4c3)ccc2c1-c1c(OCCCCCCCCCCCC)ccc2cc(/C=C/c3ccc4c(=C(C#N)C#N)c5ccccc5c(=C(C#N)C#N)c4c3)ccc12. The normalized spacial score (nSPS) is 11.1. The summed E-state index contributed by atoms with van der Waals surface area (Å²) in [6.07, 6.45) is 32.3. The number of fused-ring (bicyclic) bond motifs is 6. The molecule has 0 N–H and O–H groups in total. The van der Waals surface area contributed by atoms with E-state index >= 15 is 0 Å². The molecular formula is C88H78N8O2. The van der Waals surface area contributed by atoms with E-state index < -0.39 is 0 Å². The summed E-state index contributed by atoms with van der Waals surface area (Å²) in [5, 5.41) is 92.3. The second kappa shape index (κ2) is 34.6. The Morgan fingerprint density at radius 3 is 0.827 bits per heavy atom. The Labute approximate surface area is 575 Å². The van der Waals surface area contributed by atoms with E-state index in [-0.39, 0.29) is 22.3 Å². The molecule has 0 aliphatic carbocycles. The average molecular weight is 1280 g/mol. The lowest BCUT2D eigenvalue weighted by atomic mass is 9.90. The molecule has 0 heterocycles. The van der Waals surface area contributed by atoms with Crippen molar-refractivity contribution in [1.29, 1.82) is 42.1 Å². The summed E-state index contributed by atoms with van der Waals surface area (Å²) in [5.74, 6) is 1.54. The molecule has 0 atom stereocenters. The number of benzene rings is 10. The van der Waals surface area contributed by atoms with Crippen LogP contribution in [0.3, 0.4) is 0 Å². The molecule has 482 valence electrons. The van der Waals surface area contributed by atoms with Crippen molar-refractivity contribution in [3.8, 4) is 71.2 Å². The number of hydrogen-bond donors (Lipinski definition) is 0. The van der Waals surface area contributed by atoms with E-state index in [1.165, 1.54) is 103 Å². The molecule has 0 saturated carbocycles. The van der Waals surface area contributed by atoms with Gasteiger partial charge in [0.2, 0.25) is 0 Å². The summed E-state index contributed by atoms with van der Waals surface area (Å²) in [6, 6.07) is 63.9. The van der Waals surface area contributed by atoms with E-state index in [9.17, 15) is 42.1 Å². The van der Waals surface area contributed by atoms with Crippen molar-refractivity contribution in [2.24, 2.45) is 0 Å². The van der Waals surface area contributed by atoms with Gasteiger partial charge in [-0.15, -0.1) is 0 Å². The Kier molecular flexibility index (Phi) is 24.4. The molecule has 10 aromatic carbocycles. The summed E-state index contributed by atoms with van der Waals surface area (Å²) < 4.78 is 13.9. The molecule has 0 bridgehead atoms. The molecule has 98 heavy (non-hydrogen) atoms. The van der Waals surface area contributed by atoms with Gasteiger partial charge >= 0.3 is 0 Å². The molecule has 10 nitrogen and oxygen atoms in total. The van der Waals surface area contributed by atoms with E-state index in [1.54, 1.807) is 0 Å².